The van der Waals surface area contributed by atoms with Crippen LogP contribution in [0.5, 0.6) is 0 Å². The van der Waals surface area contributed by atoms with Gasteiger partial charge in [-0.05, 0) is 46.6 Å². The van der Waals surface area contributed by atoms with E-state index in [-0.39, 0.29) is 17.0 Å². The van der Waals surface area contributed by atoms with E-state index in [0.29, 0.717) is 6.04 Å². The summed E-state index contributed by atoms with van der Waals surface area (Å²) in [7, 11) is 0. The SMILES string of the molecule is CC(C)(C)OC(=O)C12CCCCCC1NCC2. The molecule has 0 aromatic carbocycles. The fourth-order valence-electron chi connectivity index (χ4n) is 3.21. The lowest BCUT2D eigenvalue weighted by molar-refractivity contribution is -0.168. The van der Waals surface area contributed by atoms with Crippen LogP contribution in [0.4, 0.5) is 0 Å². The van der Waals surface area contributed by atoms with Gasteiger partial charge in [-0.1, -0.05) is 19.3 Å². The van der Waals surface area contributed by atoms with Gasteiger partial charge in [0, 0.05) is 6.04 Å². The van der Waals surface area contributed by atoms with E-state index in [2.05, 4.69) is 5.32 Å². The maximum Gasteiger partial charge on any atom is 0.314 e. The standard InChI is InChI=1S/C14H25NO2/c1-13(2,3)17-12(16)14-8-6-4-5-7-11(14)15-10-9-14/h11,15H,4-10H2,1-3H3. The molecule has 0 radical (unpaired) electrons. The van der Waals surface area contributed by atoms with Crippen LogP contribution in [0, 0.1) is 5.41 Å². The molecule has 2 aliphatic rings. The third-order valence-electron chi connectivity index (χ3n) is 4.05. The van der Waals surface area contributed by atoms with E-state index in [9.17, 15) is 4.79 Å². The molecule has 2 unspecified atom stereocenters. The van der Waals surface area contributed by atoms with Crippen molar-refractivity contribution in [1.29, 1.82) is 0 Å². The van der Waals surface area contributed by atoms with Crippen molar-refractivity contribution >= 4 is 5.97 Å². The molecule has 1 heterocycles. The summed E-state index contributed by atoms with van der Waals surface area (Å²) < 4.78 is 5.66. The topological polar surface area (TPSA) is 38.3 Å². The molecule has 0 aromatic heterocycles. The number of esters is 1. The van der Waals surface area contributed by atoms with Gasteiger partial charge >= 0.3 is 5.97 Å². The van der Waals surface area contributed by atoms with Gasteiger partial charge in [0.2, 0.25) is 0 Å². The van der Waals surface area contributed by atoms with Crippen LogP contribution in [0.1, 0.15) is 59.3 Å². The molecule has 1 aliphatic carbocycles. The first kappa shape index (κ1) is 12.9. The highest BCUT2D eigenvalue weighted by molar-refractivity contribution is 5.78. The Kier molecular flexibility index (Phi) is 3.48. The first-order valence-electron chi connectivity index (χ1n) is 6.91. The molecular weight excluding hydrogens is 214 g/mol. The van der Waals surface area contributed by atoms with Gasteiger partial charge in [0.25, 0.3) is 0 Å². The van der Waals surface area contributed by atoms with Crippen molar-refractivity contribution in [3.63, 3.8) is 0 Å². The lowest BCUT2D eigenvalue weighted by Crippen LogP contribution is -2.45. The number of carbonyl (C=O) groups excluding carboxylic acids is 1. The fraction of sp³-hybridized carbons (Fsp3) is 0.929. The predicted molar refractivity (Wildman–Crippen MR) is 67.8 cm³/mol. The number of rotatable bonds is 1. The van der Waals surface area contributed by atoms with E-state index in [1.807, 2.05) is 20.8 Å². The Morgan fingerprint density at radius 3 is 2.71 bits per heavy atom. The zero-order chi connectivity index (χ0) is 12.5. The van der Waals surface area contributed by atoms with Crippen molar-refractivity contribution in [2.24, 2.45) is 5.41 Å². The maximum atomic E-state index is 12.5. The van der Waals surface area contributed by atoms with E-state index in [4.69, 9.17) is 4.74 Å². The summed E-state index contributed by atoms with van der Waals surface area (Å²) in [5.41, 5.74) is -0.602. The number of fused-ring (bicyclic) bond motifs is 1. The maximum absolute atomic E-state index is 12.5. The Balaban J connectivity index is 2.16. The Bertz CT molecular complexity index is 295. The summed E-state index contributed by atoms with van der Waals surface area (Å²) in [6.45, 7) is 6.82. The lowest BCUT2D eigenvalue weighted by atomic mass is 9.76. The second-order valence-electron chi connectivity index (χ2n) is 6.51. The van der Waals surface area contributed by atoms with Crippen molar-refractivity contribution in [3.05, 3.63) is 0 Å². The molecular formula is C14H25NO2. The van der Waals surface area contributed by atoms with Crippen LogP contribution >= 0.6 is 0 Å². The van der Waals surface area contributed by atoms with Gasteiger partial charge in [0.1, 0.15) is 5.60 Å². The quantitative estimate of drug-likeness (QED) is 0.715. The van der Waals surface area contributed by atoms with Gasteiger partial charge < -0.3 is 10.1 Å². The molecule has 1 aliphatic heterocycles. The van der Waals surface area contributed by atoms with Gasteiger partial charge in [0.15, 0.2) is 0 Å². The minimum Gasteiger partial charge on any atom is -0.459 e. The van der Waals surface area contributed by atoms with E-state index >= 15 is 0 Å². The van der Waals surface area contributed by atoms with Crippen LogP contribution in [0.25, 0.3) is 0 Å². The summed E-state index contributed by atoms with van der Waals surface area (Å²) in [6, 6.07) is 0.347. The molecule has 2 rings (SSSR count). The Morgan fingerprint density at radius 2 is 2.00 bits per heavy atom. The smallest absolute Gasteiger partial charge is 0.314 e. The first-order chi connectivity index (χ1) is 7.94. The highest BCUT2D eigenvalue weighted by Gasteiger charge is 2.50. The number of ether oxygens (including phenoxy) is 1. The predicted octanol–water partition coefficient (Wildman–Crippen LogP) is 2.64. The Hall–Kier alpha value is -0.570. The van der Waals surface area contributed by atoms with Crippen LogP contribution in [-0.4, -0.2) is 24.2 Å². The first-order valence-corrected chi connectivity index (χ1v) is 6.91. The van der Waals surface area contributed by atoms with E-state index < -0.39 is 0 Å². The number of hydrogen-bond acceptors (Lipinski definition) is 3. The van der Waals surface area contributed by atoms with Crippen LogP contribution in [0.15, 0.2) is 0 Å². The fourth-order valence-corrected chi connectivity index (χ4v) is 3.21. The molecule has 3 heteroatoms. The van der Waals surface area contributed by atoms with Gasteiger partial charge in [-0.15, -0.1) is 0 Å². The third kappa shape index (κ3) is 2.65. The molecule has 1 saturated heterocycles. The van der Waals surface area contributed by atoms with Crippen molar-refractivity contribution in [3.8, 4) is 0 Å². The Morgan fingerprint density at radius 1 is 1.24 bits per heavy atom. The third-order valence-corrected chi connectivity index (χ3v) is 4.05. The van der Waals surface area contributed by atoms with Crippen LogP contribution in [0.3, 0.4) is 0 Å². The number of nitrogens with one attached hydrogen (secondary N) is 1. The molecule has 3 nitrogen and oxygen atoms in total. The molecule has 0 bridgehead atoms. The monoisotopic (exact) mass is 239 g/mol. The van der Waals surface area contributed by atoms with Crippen molar-refractivity contribution in [1.82, 2.24) is 5.32 Å². The molecule has 98 valence electrons. The van der Waals surface area contributed by atoms with E-state index in [1.165, 1.54) is 12.8 Å². The highest BCUT2D eigenvalue weighted by Crippen LogP contribution is 2.43. The molecule has 0 aromatic rings. The zero-order valence-electron chi connectivity index (χ0n) is 11.3. The minimum atomic E-state index is -0.370. The molecule has 2 fully saturated rings. The molecule has 1 N–H and O–H groups in total. The van der Waals surface area contributed by atoms with E-state index in [0.717, 1.165) is 32.2 Å². The van der Waals surface area contributed by atoms with Gasteiger partial charge in [-0.3, -0.25) is 4.79 Å². The average molecular weight is 239 g/mol. The van der Waals surface area contributed by atoms with Crippen molar-refractivity contribution in [2.75, 3.05) is 6.54 Å². The summed E-state index contributed by atoms with van der Waals surface area (Å²) in [5.74, 6) is 0.0295. The van der Waals surface area contributed by atoms with Gasteiger partial charge in [-0.2, -0.15) is 0 Å². The summed E-state index contributed by atoms with van der Waals surface area (Å²) in [4.78, 5) is 12.5. The van der Waals surface area contributed by atoms with Crippen LogP contribution in [-0.2, 0) is 9.53 Å². The normalized spacial score (nSPS) is 33.9. The zero-order valence-corrected chi connectivity index (χ0v) is 11.3. The molecule has 2 atom stereocenters. The van der Waals surface area contributed by atoms with Crippen molar-refractivity contribution in [2.45, 2.75) is 70.9 Å². The molecule has 17 heavy (non-hydrogen) atoms. The van der Waals surface area contributed by atoms with E-state index in [1.54, 1.807) is 0 Å². The van der Waals surface area contributed by atoms with Crippen LogP contribution < -0.4 is 5.32 Å². The minimum absolute atomic E-state index is 0.0295. The molecule has 0 amide bonds. The largest absolute Gasteiger partial charge is 0.459 e. The molecule has 0 spiro atoms. The van der Waals surface area contributed by atoms with Gasteiger partial charge in [-0.25, -0.2) is 0 Å². The lowest BCUT2D eigenvalue weighted by Gasteiger charge is -2.34. The summed E-state index contributed by atoms with van der Waals surface area (Å²) in [5, 5.41) is 3.51. The Labute approximate surface area is 104 Å². The summed E-state index contributed by atoms with van der Waals surface area (Å²) >= 11 is 0. The van der Waals surface area contributed by atoms with Crippen LogP contribution in [0.2, 0.25) is 0 Å². The summed E-state index contributed by atoms with van der Waals surface area (Å²) in [6.07, 6.45) is 6.73. The molecule has 1 saturated carbocycles. The highest BCUT2D eigenvalue weighted by atomic mass is 16.6. The van der Waals surface area contributed by atoms with Crippen molar-refractivity contribution < 1.29 is 9.53 Å². The average Bonchev–Trinajstić information content (AvgIpc) is 2.50. The number of hydrogen-bond donors (Lipinski definition) is 1. The number of carbonyl (C=O) groups is 1. The second kappa shape index (κ2) is 4.60. The van der Waals surface area contributed by atoms with Gasteiger partial charge in [0.05, 0.1) is 5.41 Å². The second-order valence-corrected chi connectivity index (χ2v) is 6.51.